The molecule has 0 radical (unpaired) electrons. The summed E-state index contributed by atoms with van der Waals surface area (Å²) in [5.41, 5.74) is -0.817. The first-order chi connectivity index (χ1) is 9.77. The van der Waals surface area contributed by atoms with E-state index in [0.29, 0.717) is 0 Å². The van der Waals surface area contributed by atoms with E-state index >= 15 is 0 Å². The van der Waals surface area contributed by atoms with E-state index in [1.165, 1.54) is 0 Å². The molecule has 1 heterocycles. The van der Waals surface area contributed by atoms with E-state index in [2.05, 4.69) is 5.32 Å². The summed E-state index contributed by atoms with van der Waals surface area (Å²) in [7, 11) is 1.72. The number of nitrogens with one attached hydrogen (secondary N) is 1. The Balaban J connectivity index is 2.30. The highest BCUT2D eigenvalue weighted by Gasteiger charge is 2.49. The molecule has 2 rings (SSSR count). The maximum Gasteiger partial charge on any atom is 0.248 e. The molecule has 0 aromatic carbocycles. The minimum absolute atomic E-state index is 0.0301. The molecule has 0 aromatic rings. The largest absolute Gasteiger partial charge is 0.381 e. The molecule has 5 heteroatoms. The highest BCUT2D eigenvalue weighted by Crippen LogP contribution is 2.32. The number of piperazine rings is 1. The molecule has 1 aliphatic carbocycles. The molecule has 21 heavy (non-hydrogen) atoms. The van der Waals surface area contributed by atoms with Crippen LogP contribution in [0.1, 0.15) is 53.4 Å². The second-order valence-corrected chi connectivity index (χ2v) is 7.19. The van der Waals surface area contributed by atoms with Gasteiger partial charge >= 0.3 is 0 Å². The van der Waals surface area contributed by atoms with Crippen molar-refractivity contribution in [2.75, 3.05) is 7.11 Å². The number of amides is 2. The second-order valence-electron chi connectivity index (χ2n) is 7.19. The van der Waals surface area contributed by atoms with E-state index in [1.807, 2.05) is 18.7 Å². The minimum Gasteiger partial charge on any atom is -0.381 e. The number of ether oxygens (including phenoxy) is 1. The molecular formula is C16H28N2O3. The van der Waals surface area contributed by atoms with E-state index in [1.54, 1.807) is 21.0 Å². The predicted octanol–water partition coefficient (Wildman–Crippen LogP) is 1.71. The molecule has 2 fully saturated rings. The molecule has 1 N–H and O–H groups in total. The normalized spacial score (nSPS) is 33.2. The van der Waals surface area contributed by atoms with Gasteiger partial charge in [-0.25, -0.2) is 0 Å². The molecule has 120 valence electrons. The molecule has 3 atom stereocenters. The molecule has 1 aliphatic heterocycles. The molecule has 2 aliphatic rings. The van der Waals surface area contributed by atoms with Gasteiger partial charge in [-0.05, 0) is 45.4 Å². The Morgan fingerprint density at radius 3 is 2.52 bits per heavy atom. The molecule has 3 unspecified atom stereocenters. The summed E-state index contributed by atoms with van der Waals surface area (Å²) in [6.07, 6.45) is 4.06. The van der Waals surface area contributed by atoms with Gasteiger partial charge in [-0.2, -0.15) is 0 Å². The smallest absolute Gasteiger partial charge is 0.248 e. The van der Waals surface area contributed by atoms with Gasteiger partial charge in [0, 0.05) is 13.2 Å². The highest BCUT2D eigenvalue weighted by molar-refractivity contribution is 5.99. The van der Waals surface area contributed by atoms with Crippen molar-refractivity contribution in [3.05, 3.63) is 0 Å². The summed E-state index contributed by atoms with van der Waals surface area (Å²) in [4.78, 5) is 27.2. The molecule has 0 aromatic heterocycles. The Hall–Kier alpha value is -1.10. The van der Waals surface area contributed by atoms with Crippen LogP contribution in [0.5, 0.6) is 0 Å². The van der Waals surface area contributed by atoms with Crippen LogP contribution in [-0.2, 0) is 14.3 Å². The molecule has 0 spiro atoms. The molecule has 0 bridgehead atoms. The van der Waals surface area contributed by atoms with Crippen molar-refractivity contribution < 1.29 is 14.3 Å². The van der Waals surface area contributed by atoms with Gasteiger partial charge in [0.15, 0.2) is 0 Å². The number of carbonyl (C=O) groups excluding carboxylic acids is 2. The summed E-state index contributed by atoms with van der Waals surface area (Å²) >= 11 is 0. The van der Waals surface area contributed by atoms with Crippen LogP contribution in [-0.4, -0.2) is 47.6 Å². The average molecular weight is 296 g/mol. The van der Waals surface area contributed by atoms with Gasteiger partial charge in [-0.15, -0.1) is 0 Å². The monoisotopic (exact) mass is 296 g/mol. The van der Waals surface area contributed by atoms with Crippen LogP contribution >= 0.6 is 0 Å². The van der Waals surface area contributed by atoms with Crippen molar-refractivity contribution in [3.8, 4) is 0 Å². The first kappa shape index (κ1) is 16.3. The zero-order valence-corrected chi connectivity index (χ0v) is 13.8. The standard InChI is InChI=1S/C16H28N2O3/c1-10(2)13-14(19)17-16(3,4)15(20)18(13)11-7-6-8-12(9-11)21-5/h10-13H,6-9H2,1-5H3,(H,17,19). The van der Waals surface area contributed by atoms with Crippen molar-refractivity contribution in [2.45, 2.75) is 77.1 Å². The quantitative estimate of drug-likeness (QED) is 0.862. The third-order valence-electron chi connectivity index (χ3n) is 4.73. The summed E-state index contributed by atoms with van der Waals surface area (Å²) in [5, 5.41) is 2.87. The van der Waals surface area contributed by atoms with E-state index in [4.69, 9.17) is 4.74 Å². The van der Waals surface area contributed by atoms with E-state index in [0.717, 1.165) is 25.7 Å². The first-order valence-corrected chi connectivity index (χ1v) is 7.95. The van der Waals surface area contributed by atoms with Crippen LogP contribution in [0, 0.1) is 5.92 Å². The van der Waals surface area contributed by atoms with Gasteiger partial charge in [-0.1, -0.05) is 13.8 Å². The van der Waals surface area contributed by atoms with Crippen molar-refractivity contribution >= 4 is 11.8 Å². The lowest BCUT2D eigenvalue weighted by Gasteiger charge is -2.49. The molecule has 1 saturated heterocycles. The zero-order chi connectivity index (χ0) is 15.8. The third-order valence-corrected chi connectivity index (χ3v) is 4.73. The van der Waals surface area contributed by atoms with Crippen LogP contribution in [0.25, 0.3) is 0 Å². The number of carbonyl (C=O) groups is 2. The predicted molar refractivity (Wildman–Crippen MR) is 80.7 cm³/mol. The lowest BCUT2D eigenvalue weighted by Crippen LogP contribution is -2.71. The average Bonchev–Trinajstić information content (AvgIpc) is 2.41. The fourth-order valence-electron chi connectivity index (χ4n) is 3.61. The first-order valence-electron chi connectivity index (χ1n) is 7.95. The van der Waals surface area contributed by atoms with E-state index in [-0.39, 0.29) is 35.9 Å². The van der Waals surface area contributed by atoms with Crippen molar-refractivity contribution in [1.29, 1.82) is 0 Å². The lowest BCUT2D eigenvalue weighted by atomic mass is 9.85. The summed E-state index contributed by atoms with van der Waals surface area (Å²) < 4.78 is 5.48. The van der Waals surface area contributed by atoms with Gasteiger partial charge in [0.25, 0.3) is 0 Å². The van der Waals surface area contributed by atoms with Gasteiger partial charge in [0.2, 0.25) is 11.8 Å². The second kappa shape index (κ2) is 5.95. The van der Waals surface area contributed by atoms with E-state index in [9.17, 15) is 9.59 Å². The van der Waals surface area contributed by atoms with Gasteiger partial charge in [-0.3, -0.25) is 9.59 Å². The maximum absolute atomic E-state index is 12.9. The van der Waals surface area contributed by atoms with Crippen molar-refractivity contribution in [3.63, 3.8) is 0 Å². The van der Waals surface area contributed by atoms with Crippen LogP contribution < -0.4 is 5.32 Å². The lowest BCUT2D eigenvalue weighted by molar-refractivity contribution is -0.160. The van der Waals surface area contributed by atoms with E-state index < -0.39 is 5.54 Å². The zero-order valence-electron chi connectivity index (χ0n) is 13.8. The number of rotatable bonds is 3. The Bertz CT molecular complexity index is 420. The van der Waals surface area contributed by atoms with Crippen LogP contribution in [0.2, 0.25) is 0 Å². The topological polar surface area (TPSA) is 58.6 Å². The van der Waals surface area contributed by atoms with Gasteiger partial charge < -0.3 is 15.0 Å². The molecule has 2 amide bonds. The summed E-state index contributed by atoms with van der Waals surface area (Å²) in [6.45, 7) is 7.57. The Morgan fingerprint density at radius 2 is 1.95 bits per heavy atom. The van der Waals surface area contributed by atoms with Gasteiger partial charge in [0.05, 0.1) is 6.10 Å². The molecular weight excluding hydrogens is 268 g/mol. The Labute approximate surface area is 127 Å². The van der Waals surface area contributed by atoms with Crippen molar-refractivity contribution in [2.24, 2.45) is 5.92 Å². The Morgan fingerprint density at radius 1 is 1.29 bits per heavy atom. The number of nitrogens with zero attached hydrogens (tertiary/aromatic N) is 1. The summed E-state index contributed by atoms with van der Waals surface area (Å²) in [6, 6.07) is -0.264. The van der Waals surface area contributed by atoms with Crippen LogP contribution in [0.3, 0.4) is 0 Å². The summed E-state index contributed by atoms with van der Waals surface area (Å²) in [5.74, 6) is 0.102. The third kappa shape index (κ3) is 3.07. The van der Waals surface area contributed by atoms with Gasteiger partial charge in [0.1, 0.15) is 11.6 Å². The number of hydrogen-bond acceptors (Lipinski definition) is 3. The van der Waals surface area contributed by atoms with Crippen LogP contribution in [0.15, 0.2) is 0 Å². The number of methoxy groups -OCH3 is 1. The molecule has 1 saturated carbocycles. The fraction of sp³-hybridized carbons (Fsp3) is 0.875. The maximum atomic E-state index is 12.9. The minimum atomic E-state index is -0.817. The van der Waals surface area contributed by atoms with Crippen LogP contribution in [0.4, 0.5) is 0 Å². The van der Waals surface area contributed by atoms with Crippen molar-refractivity contribution in [1.82, 2.24) is 10.2 Å². The molecule has 5 nitrogen and oxygen atoms in total. The fourth-order valence-corrected chi connectivity index (χ4v) is 3.61. The highest BCUT2D eigenvalue weighted by atomic mass is 16.5. The SMILES string of the molecule is COC1CCCC(N2C(=O)C(C)(C)NC(=O)C2C(C)C)C1. The Kier molecular flexibility index (Phi) is 4.61. The number of hydrogen-bond donors (Lipinski definition) is 1.